The molecule has 0 unspecified atom stereocenters. The summed E-state index contributed by atoms with van der Waals surface area (Å²) in [5, 5.41) is 2.62. The molecule has 0 aliphatic carbocycles. The molecule has 0 saturated carbocycles. The molecule has 0 saturated heterocycles. The fourth-order valence-corrected chi connectivity index (χ4v) is 1.89. The van der Waals surface area contributed by atoms with Crippen molar-refractivity contribution in [2.45, 2.75) is 0 Å². The number of hydrogen-bond acceptors (Lipinski definition) is 4. The topological polar surface area (TPSA) is 81.4 Å². The Labute approximate surface area is 139 Å². The molecule has 2 aromatic rings. The number of anilines is 1. The fourth-order valence-electron chi connectivity index (χ4n) is 1.89. The van der Waals surface area contributed by atoms with E-state index in [1.54, 1.807) is 55.6 Å². The molecule has 0 spiro atoms. The van der Waals surface area contributed by atoms with Crippen molar-refractivity contribution in [3.63, 3.8) is 0 Å². The van der Waals surface area contributed by atoms with Crippen LogP contribution < -0.4 is 15.8 Å². The zero-order valence-corrected chi connectivity index (χ0v) is 13.7. The number of methoxy groups -OCH3 is 1. The molecule has 0 aliphatic rings. The van der Waals surface area contributed by atoms with Crippen LogP contribution in [0.15, 0.2) is 48.5 Å². The smallest absolute Gasteiger partial charge is 0.238 e. The van der Waals surface area contributed by atoms with Gasteiger partial charge in [-0.15, -0.1) is 17.0 Å². The summed E-state index contributed by atoms with van der Waals surface area (Å²) >= 11 is 0. The molecule has 1 amide bonds. The van der Waals surface area contributed by atoms with Crippen LogP contribution in [-0.4, -0.2) is 25.3 Å². The van der Waals surface area contributed by atoms with E-state index in [4.69, 9.17) is 10.5 Å². The number of nitrogens with one attached hydrogen (secondary N) is 1. The van der Waals surface area contributed by atoms with Crippen LogP contribution in [0.5, 0.6) is 5.75 Å². The number of halogens is 1. The predicted molar refractivity (Wildman–Crippen MR) is 90.9 cm³/mol. The van der Waals surface area contributed by atoms with Gasteiger partial charge in [0.2, 0.25) is 5.91 Å². The third-order valence-corrected chi connectivity index (χ3v) is 2.98. The number of rotatable bonds is 5. The first-order valence-electron chi connectivity index (χ1n) is 6.43. The minimum atomic E-state index is -0.343. The third-order valence-electron chi connectivity index (χ3n) is 2.98. The molecule has 0 heterocycles. The standard InChI is InChI=1S/C16H16N2O3.BrH/c1-21-12-8-6-11(7-9-12)16(20)13-4-2-3-5-14(13)18-15(19)10-17;/h2-9H,10,17H2,1H3,(H,18,19);1H. The minimum absolute atomic E-state index is 0. The van der Waals surface area contributed by atoms with Gasteiger partial charge in [-0.3, -0.25) is 9.59 Å². The Morgan fingerprint density at radius 1 is 1.09 bits per heavy atom. The average Bonchev–Trinajstić information content (AvgIpc) is 2.54. The first-order valence-corrected chi connectivity index (χ1v) is 6.43. The van der Waals surface area contributed by atoms with Gasteiger partial charge in [0.1, 0.15) is 5.75 Å². The van der Waals surface area contributed by atoms with E-state index in [2.05, 4.69) is 5.32 Å². The van der Waals surface area contributed by atoms with Crippen molar-refractivity contribution in [3.05, 3.63) is 59.7 Å². The van der Waals surface area contributed by atoms with Crippen molar-refractivity contribution in [2.75, 3.05) is 19.0 Å². The lowest BCUT2D eigenvalue weighted by Crippen LogP contribution is -2.23. The van der Waals surface area contributed by atoms with Crippen molar-refractivity contribution < 1.29 is 14.3 Å². The van der Waals surface area contributed by atoms with E-state index in [9.17, 15) is 9.59 Å². The molecule has 0 radical (unpaired) electrons. The number of ketones is 1. The number of benzene rings is 2. The number of nitrogens with two attached hydrogens (primary N) is 1. The van der Waals surface area contributed by atoms with Gasteiger partial charge < -0.3 is 15.8 Å². The SMILES string of the molecule is Br.COc1ccc(C(=O)c2ccccc2NC(=O)CN)cc1. The molecule has 2 rings (SSSR count). The Balaban J connectivity index is 0.00000242. The monoisotopic (exact) mass is 364 g/mol. The number of hydrogen-bond donors (Lipinski definition) is 2. The third kappa shape index (κ3) is 4.16. The summed E-state index contributed by atoms with van der Waals surface area (Å²) in [5.41, 5.74) is 6.67. The molecule has 116 valence electrons. The molecule has 0 aromatic heterocycles. The highest BCUT2D eigenvalue weighted by Gasteiger charge is 2.14. The number of para-hydroxylation sites is 1. The summed E-state index contributed by atoms with van der Waals surface area (Å²) in [6, 6.07) is 13.6. The van der Waals surface area contributed by atoms with E-state index in [1.165, 1.54) is 0 Å². The lowest BCUT2D eigenvalue weighted by atomic mass is 10.0. The van der Waals surface area contributed by atoms with E-state index in [0.717, 1.165) is 0 Å². The van der Waals surface area contributed by atoms with Crippen LogP contribution in [0.1, 0.15) is 15.9 Å². The van der Waals surface area contributed by atoms with Crippen LogP contribution >= 0.6 is 17.0 Å². The van der Waals surface area contributed by atoms with E-state index < -0.39 is 0 Å². The van der Waals surface area contributed by atoms with Gasteiger partial charge in [-0.2, -0.15) is 0 Å². The largest absolute Gasteiger partial charge is 0.497 e. The molecular formula is C16H17BrN2O3. The van der Waals surface area contributed by atoms with Crippen LogP contribution in [0, 0.1) is 0 Å². The second-order valence-corrected chi connectivity index (χ2v) is 4.36. The Morgan fingerprint density at radius 3 is 2.32 bits per heavy atom. The Hall–Kier alpha value is -2.18. The first-order chi connectivity index (χ1) is 10.2. The Kier molecular flexibility index (Phi) is 6.75. The molecule has 3 N–H and O–H groups in total. The van der Waals surface area contributed by atoms with Gasteiger partial charge in [0, 0.05) is 11.1 Å². The van der Waals surface area contributed by atoms with E-state index in [0.29, 0.717) is 22.6 Å². The number of ether oxygens (including phenoxy) is 1. The maximum atomic E-state index is 12.5. The number of carbonyl (C=O) groups is 2. The van der Waals surface area contributed by atoms with Gasteiger partial charge in [0.15, 0.2) is 5.78 Å². The van der Waals surface area contributed by atoms with Crippen molar-refractivity contribution in [2.24, 2.45) is 5.73 Å². The Bertz CT molecular complexity index is 657. The quantitative estimate of drug-likeness (QED) is 0.798. The fraction of sp³-hybridized carbons (Fsp3) is 0.125. The average molecular weight is 365 g/mol. The van der Waals surface area contributed by atoms with Gasteiger partial charge in [-0.1, -0.05) is 12.1 Å². The normalized spacial score (nSPS) is 9.55. The van der Waals surface area contributed by atoms with Crippen molar-refractivity contribution in [1.29, 1.82) is 0 Å². The zero-order chi connectivity index (χ0) is 15.2. The molecular weight excluding hydrogens is 348 g/mol. The molecule has 0 atom stereocenters. The highest BCUT2D eigenvalue weighted by Crippen LogP contribution is 2.20. The predicted octanol–water partition coefficient (Wildman–Crippen LogP) is 2.40. The summed E-state index contributed by atoms with van der Waals surface area (Å²) in [6.07, 6.45) is 0. The molecule has 5 nitrogen and oxygen atoms in total. The summed E-state index contributed by atoms with van der Waals surface area (Å²) in [7, 11) is 1.56. The minimum Gasteiger partial charge on any atom is -0.497 e. The second kappa shape index (κ2) is 8.31. The van der Waals surface area contributed by atoms with Crippen LogP contribution in [0.3, 0.4) is 0 Å². The summed E-state index contributed by atoms with van der Waals surface area (Å²) < 4.78 is 5.06. The van der Waals surface area contributed by atoms with Crippen LogP contribution in [0.2, 0.25) is 0 Å². The van der Waals surface area contributed by atoms with E-state index in [-0.39, 0.29) is 35.2 Å². The number of carbonyl (C=O) groups excluding carboxylic acids is 2. The van der Waals surface area contributed by atoms with Crippen molar-refractivity contribution in [3.8, 4) is 5.75 Å². The maximum Gasteiger partial charge on any atom is 0.238 e. The van der Waals surface area contributed by atoms with Gasteiger partial charge in [0.25, 0.3) is 0 Å². The molecule has 6 heteroatoms. The van der Waals surface area contributed by atoms with Gasteiger partial charge in [0.05, 0.1) is 19.3 Å². The lowest BCUT2D eigenvalue weighted by molar-refractivity contribution is -0.114. The first kappa shape index (κ1) is 17.9. The highest BCUT2D eigenvalue weighted by molar-refractivity contribution is 8.93. The Morgan fingerprint density at radius 2 is 1.73 bits per heavy atom. The highest BCUT2D eigenvalue weighted by atomic mass is 79.9. The molecule has 0 aliphatic heterocycles. The van der Waals surface area contributed by atoms with Crippen LogP contribution in [0.25, 0.3) is 0 Å². The van der Waals surface area contributed by atoms with Crippen LogP contribution in [0.4, 0.5) is 5.69 Å². The summed E-state index contributed by atoms with van der Waals surface area (Å²) in [5.74, 6) is 0.159. The van der Waals surface area contributed by atoms with Crippen LogP contribution in [-0.2, 0) is 4.79 Å². The number of amides is 1. The molecule has 22 heavy (non-hydrogen) atoms. The van der Waals surface area contributed by atoms with E-state index >= 15 is 0 Å². The zero-order valence-electron chi connectivity index (χ0n) is 12.0. The van der Waals surface area contributed by atoms with Gasteiger partial charge in [-0.25, -0.2) is 0 Å². The second-order valence-electron chi connectivity index (χ2n) is 4.36. The van der Waals surface area contributed by atoms with Gasteiger partial charge in [-0.05, 0) is 36.4 Å². The summed E-state index contributed by atoms with van der Waals surface area (Å²) in [4.78, 5) is 23.9. The lowest BCUT2D eigenvalue weighted by Gasteiger charge is -2.10. The van der Waals surface area contributed by atoms with Crippen molar-refractivity contribution >= 4 is 34.4 Å². The van der Waals surface area contributed by atoms with Crippen molar-refractivity contribution in [1.82, 2.24) is 0 Å². The maximum absolute atomic E-state index is 12.5. The summed E-state index contributed by atoms with van der Waals surface area (Å²) in [6.45, 7) is -0.134. The van der Waals surface area contributed by atoms with Gasteiger partial charge >= 0.3 is 0 Å². The molecule has 0 fully saturated rings. The van der Waals surface area contributed by atoms with E-state index in [1.807, 2.05) is 0 Å². The molecule has 0 bridgehead atoms. The molecule has 2 aromatic carbocycles.